The molecule has 0 fully saturated rings. The van der Waals surface area contributed by atoms with Crippen LogP contribution < -0.4 is 0 Å². The smallest absolute Gasteiger partial charge is 0.0718 e. The first-order valence-corrected chi connectivity index (χ1v) is 5.04. The maximum atomic E-state index is 10.4. The van der Waals surface area contributed by atoms with Crippen molar-refractivity contribution in [3.8, 4) is 0 Å². The monoisotopic (exact) mass is 172 g/mol. The Hall–Kier alpha value is -0.0400. The van der Waals surface area contributed by atoms with Crippen LogP contribution in [0.4, 0.5) is 0 Å². The van der Waals surface area contributed by atoms with Crippen LogP contribution in [-0.4, -0.2) is 10.7 Å². The maximum Gasteiger partial charge on any atom is 0.0718 e. The second-order valence-electron chi connectivity index (χ2n) is 4.67. The molecular formula is C11H24O. The molecule has 0 unspecified atom stereocenters. The maximum absolute atomic E-state index is 10.4. The molecular weight excluding hydrogens is 148 g/mol. The van der Waals surface area contributed by atoms with E-state index in [1.807, 2.05) is 0 Å². The highest BCUT2D eigenvalue weighted by Crippen LogP contribution is 2.41. The molecule has 1 N–H and O–H groups in total. The lowest BCUT2D eigenvalue weighted by molar-refractivity contribution is -0.107. The molecule has 0 saturated carbocycles. The van der Waals surface area contributed by atoms with E-state index in [9.17, 15) is 5.11 Å². The molecule has 0 radical (unpaired) electrons. The fourth-order valence-electron chi connectivity index (χ4n) is 1.97. The molecule has 0 bridgehead atoms. The van der Waals surface area contributed by atoms with Gasteiger partial charge in [-0.3, -0.25) is 0 Å². The quantitative estimate of drug-likeness (QED) is 0.690. The van der Waals surface area contributed by atoms with E-state index < -0.39 is 5.60 Å². The summed E-state index contributed by atoms with van der Waals surface area (Å²) in [6.45, 7) is 12.7. The van der Waals surface area contributed by atoms with Gasteiger partial charge in [0.1, 0.15) is 0 Å². The molecule has 0 rings (SSSR count). The molecule has 74 valence electrons. The van der Waals surface area contributed by atoms with Gasteiger partial charge in [0.05, 0.1) is 5.60 Å². The van der Waals surface area contributed by atoms with Crippen LogP contribution in [0.3, 0.4) is 0 Å². The van der Waals surface area contributed by atoms with Gasteiger partial charge >= 0.3 is 0 Å². The fraction of sp³-hybridized carbons (Fsp3) is 1.00. The number of aliphatic hydroxyl groups is 1. The predicted octanol–water partition coefficient (Wildman–Crippen LogP) is 3.22. The van der Waals surface area contributed by atoms with Crippen molar-refractivity contribution < 1.29 is 5.11 Å². The third-order valence-electron chi connectivity index (χ3n) is 3.55. The fourth-order valence-corrected chi connectivity index (χ4v) is 1.97. The molecule has 12 heavy (non-hydrogen) atoms. The minimum atomic E-state index is -0.512. The summed E-state index contributed by atoms with van der Waals surface area (Å²) in [5.74, 6) is 0.331. The molecule has 0 aliphatic rings. The van der Waals surface area contributed by atoms with Crippen LogP contribution in [0, 0.1) is 11.3 Å². The summed E-state index contributed by atoms with van der Waals surface area (Å²) in [7, 11) is 0. The molecule has 0 aromatic rings. The van der Waals surface area contributed by atoms with E-state index in [0.29, 0.717) is 5.92 Å². The number of hydrogen-bond acceptors (Lipinski definition) is 1. The van der Waals surface area contributed by atoms with E-state index in [2.05, 4.69) is 41.5 Å². The average molecular weight is 172 g/mol. The molecule has 0 aliphatic heterocycles. The Labute approximate surface area is 77.2 Å². The third-order valence-corrected chi connectivity index (χ3v) is 3.55. The Bertz CT molecular complexity index is 138. The first kappa shape index (κ1) is 12.0. The molecule has 0 aromatic carbocycles. The van der Waals surface area contributed by atoms with Gasteiger partial charge in [0.2, 0.25) is 0 Å². The summed E-state index contributed by atoms with van der Waals surface area (Å²) in [6, 6.07) is 0. The van der Waals surface area contributed by atoms with Gasteiger partial charge in [-0.2, -0.15) is 0 Å². The van der Waals surface area contributed by atoms with Crippen molar-refractivity contribution in [2.45, 2.75) is 60.0 Å². The Morgan fingerprint density at radius 2 is 1.50 bits per heavy atom. The summed E-state index contributed by atoms with van der Waals surface area (Å²) < 4.78 is 0. The van der Waals surface area contributed by atoms with Crippen LogP contribution in [0.1, 0.15) is 54.4 Å². The zero-order chi connectivity index (χ0) is 9.99. The molecule has 0 aromatic heterocycles. The highest BCUT2D eigenvalue weighted by Gasteiger charge is 2.42. The molecule has 1 nitrogen and oxygen atoms in total. The van der Waals surface area contributed by atoms with Gasteiger partial charge in [-0.15, -0.1) is 0 Å². The number of hydrogen-bond donors (Lipinski definition) is 1. The van der Waals surface area contributed by atoms with Crippen LogP contribution in [-0.2, 0) is 0 Å². The zero-order valence-corrected chi connectivity index (χ0v) is 9.44. The standard InChI is InChI=1S/C11H24O/c1-7-10(5,6)11(12,8-2)9(3)4/h9,12H,7-8H2,1-6H3/t11-/m0/s1. The summed E-state index contributed by atoms with van der Waals surface area (Å²) in [6.07, 6.45) is 1.86. The van der Waals surface area contributed by atoms with Crippen molar-refractivity contribution in [2.24, 2.45) is 11.3 Å². The van der Waals surface area contributed by atoms with E-state index in [0.717, 1.165) is 12.8 Å². The van der Waals surface area contributed by atoms with Crippen LogP contribution in [0.15, 0.2) is 0 Å². The lowest BCUT2D eigenvalue weighted by Crippen LogP contribution is -2.48. The zero-order valence-electron chi connectivity index (χ0n) is 9.44. The first-order valence-electron chi connectivity index (χ1n) is 5.04. The van der Waals surface area contributed by atoms with E-state index in [1.165, 1.54) is 0 Å². The van der Waals surface area contributed by atoms with Gasteiger partial charge in [0, 0.05) is 0 Å². The summed E-state index contributed by atoms with van der Waals surface area (Å²) in [4.78, 5) is 0. The lowest BCUT2D eigenvalue weighted by atomic mass is 9.66. The van der Waals surface area contributed by atoms with Crippen molar-refractivity contribution in [3.05, 3.63) is 0 Å². The Balaban J connectivity index is 4.74. The minimum Gasteiger partial charge on any atom is -0.389 e. The largest absolute Gasteiger partial charge is 0.389 e. The second kappa shape index (κ2) is 3.78. The molecule has 0 spiro atoms. The van der Waals surface area contributed by atoms with Gasteiger partial charge in [-0.25, -0.2) is 0 Å². The Morgan fingerprint density at radius 1 is 1.08 bits per heavy atom. The van der Waals surface area contributed by atoms with Crippen molar-refractivity contribution in [1.29, 1.82) is 0 Å². The SMILES string of the molecule is CCC(C)(C)[C@](O)(CC)C(C)C. The Morgan fingerprint density at radius 3 is 1.58 bits per heavy atom. The second-order valence-corrected chi connectivity index (χ2v) is 4.67. The van der Waals surface area contributed by atoms with E-state index in [-0.39, 0.29) is 5.41 Å². The molecule has 0 heterocycles. The Kier molecular flexibility index (Phi) is 3.77. The number of rotatable bonds is 4. The molecule has 0 aliphatic carbocycles. The van der Waals surface area contributed by atoms with E-state index >= 15 is 0 Å². The van der Waals surface area contributed by atoms with Crippen molar-refractivity contribution in [3.63, 3.8) is 0 Å². The van der Waals surface area contributed by atoms with Crippen molar-refractivity contribution in [2.75, 3.05) is 0 Å². The minimum absolute atomic E-state index is 0.0237. The van der Waals surface area contributed by atoms with Gasteiger partial charge < -0.3 is 5.11 Å². The van der Waals surface area contributed by atoms with Crippen molar-refractivity contribution in [1.82, 2.24) is 0 Å². The molecule has 1 heteroatoms. The van der Waals surface area contributed by atoms with Crippen LogP contribution >= 0.6 is 0 Å². The highest BCUT2D eigenvalue weighted by atomic mass is 16.3. The topological polar surface area (TPSA) is 20.2 Å². The van der Waals surface area contributed by atoms with Crippen molar-refractivity contribution >= 4 is 0 Å². The van der Waals surface area contributed by atoms with Gasteiger partial charge in [-0.05, 0) is 24.2 Å². The van der Waals surface area contributed by atoms with E-state index in [1.54, 1.807) is 0 Å². The summed E-state index contributed by atoms with van der Waals surface area (Å²) in [5.41, 5.74) is -0.488. The van der Waals surface area contributed by atoms with Gasteiger partial charge in [0.15, 0.2) is 0 Å². The van der Waals surface area contributed by atoms with E-state index in [4.69, 9.17) is 0 Å². The lowest BCUT2D eigenvalue weighted by Gasteiger charge is -2.45. The van der Waals surface area contributed by atoms with Crippen LogP contribution in [0.2, 0.25) is 0 Å². The highest BCUT2D eigenvalue weighted by molar-refractivity contribution is 4.93. The summed E-state index contributed by atoms with van der Waals surface area (Å²) in [5, 5.41) is 10.4. The molecule has 1 atom stereocenters. The van der Waals surface area contributed by atoms with Gasteiger partial charge in [-0.1, -0.05) is 41.5 Å². The normalized spacial score (nSPS) is 18.0. The van der Waals surface area contributed by atoms with Gasteiger partial charge in [0.25, 0.3) is 0 Å². The molecule has 0 saturated heterocycles. The van der Waals surface area contributed by atoms with Crippen LogP contribution in [0.25, 0.3) is 0 Å². The summed E-state index contributed by atoms with van der Waals surface area (Å²) >= 11 is 0. The van der Waals surface area contributed by atoms with Crippen LogP contribution in [0.5, 0.6) is 0 Å². The molecule has 0 amide bonds. The first-order chi connectivity index (χ1) is 5.31. The predicted molar refractivity (Wildman–Crippen MR) is 54.2 cm³/mol. The average Bonchev–Trinajstić information content (AvgIpc) is 2.02. The third kappa shape index (κ3) is 1.82.